The number of ether oxygens (including phenoxy) is 1. The predicted octanol–water partition coefficient (Wildman–Crippen LogP) is 8.04. The van der Waals surface area contributed by atoms with Crippen molar-refractivity contribution in [1.29, 1.82) is 0 Å². The van der Waals surface area contributed by atoms with Crippen LogP contribution in [-0.2, 0) is 45.0 Å². The molecule has 11 heteroatoms. The molecule has 0 unspecified atom stereocenters. The molecule has 47 heavy (non-hydrogen) atoms. The van der Waals surface area contributed by atoms with Crippen LogP contribution in [0.5, 0.6) is 5.75 Å². The number of carboxylic acid groups (broad SMARTS) is 1. The third-order valence-electron chi connectivity index (χ3n) is 9.12. The number of aryl methyl sites for hydroxylation is 7. The Morgan fingerprint density at radius 1 is 1.00 bits per heavy atom. The number of nitrogens with zero attached hydrogens (tertiary/aromatic N) is 5. The van der Waals surface area contributed by atoms with Crippen molar-refractivity contribution in [2.24, 2.45) is 14.1 Å². The Bertz CT molecular complexity index is 2200. The Kier molecular flexibility index (Phi) is 8.26. The summed E-state index contributed by atoms with van der Waals surface area (Å²) in [6.07, 6.45) is 2.07. The lowest BCUT2D eigenvalue weighted by Gasteiger charge is -2.14. The number of carbonyl (C=O) groups is 1. The molecule has 0 saturated carbocycles. The number of aromatic nitrogens is 5. The van der Waals surface area contributed by atoms with Crippen LogP contribution in [0.2, 0.25) is 5.02 Å². The summed E-state index contributed by atoms with van der Waals surface area (Å²) in [5, 5.41) is 23.0. The van der Waals surface area contributed by atoms with Gasteiger partial charge in [0.05, 0.1) is 23.7 Å². The molecule has 0 aliphatic carbocycles. The van der Waals surface area contributed by atoms with E-state index in [2.05, 4.69) is 6.07 Å². The van der Waals surface area contributed by atoms with Crippen molar-refractivity contribution in [3.05, 3.63) is 99.0 Å². The predicted molar refractivity (Wildman–Crippen MR) is 185 cm³/mol. The molecule has 3 aromatic carbocycles. The summed E-state index contributed by atoms with van der Waals surface area (Å²) in [5.74, 6) is 0.776. The summed E-state index contributed by atoms with van der Waals surface area (Å²) in [6, 6.07) is 14.7. The van der Waals surface area contributed by atoms with Gasteiger partial charge in [-0.25, -0.2) is 9.18 Å². The average molecular weight is 672 g/mol. The lowest BCUT2D eigenvalue weighted by molar-refractivity contribution is 0.0684. The van der Waals surface area contributed by atoms with E-state index in [1.807, 2.05) is 66.1 Å². The van der Waals surface area contributed by atoms with Crippen molar-refractivity contribution in [1.82, 2.24) is 24.1 Å². The van der Waals surface area contributed by atoms with Crippen molar-refractivity contribution >= 4 is 51.0 Å². The Labute approximate surface area is 281 Å². The summed E-state index contributed by atoms with van der Waals surface area (Å²) < 4.78 is 26.3. The largest absolute Gasteiger partial charge is 0.493 e. The van der Waals surface area contributed by atoms with E-state index in [1.165, 1.54) is 6.07 Å². The number of rotatable bonds is 1. The molecule has 1 aliphatic heterocycles. The van der Waals surface area contributed by atoms with Crippen LogP contribution < -0.4 is 4.74 Å². The molecular formula is C36H35ClFN5O3S. The first-order chi connectivity index (χ1) is 22.6. The Morgan fingerprint density at radius 2 is 1.83 bits per heavy atom. The topological polar surface area (TPSA) is 87.1 Å². The van der Waals surface area contributed by atoms with Crippen molar-refractivity contribution in [2.75, 3.05) is 6.61 Å². The number of hydrogen-bond acceptors (Lipinski definition) is 5. The number of thioether (sulfide) groups is 1. The standard InChI is InChI=1S/C36H35ClFN5O3S/c1-20-32-29-11-10-28(37)34(32)33-21(2)39-42(4)30(33)19-47-18-25-17-26(41(3)40-25)8-6-22-14-23-16-24(38)7-9-27(23)31(15-22)46-13-5-12-43(29)35(20)36(44)45/h7,9-11,14-17H,5-6,8,12-13,18-19H2,1-4H3,(H,44,45). The molecule has 0 spiro atoms. The first kappa shape index (κ1) is 31.3. The minimum atomic E-state index is -0.995. The number of benzene rings is 3. The van der Waals surface area contributed by atoms with E-state index in [4.69, 9.17) is 26.5 Å². The van der Waals surface area contributed by atoms with Crippen molar-refractivity contribution in [2.45, 2.75) is 51.2 Å². The molecule has 0 atom stereocenters. The number of hydrogen-bond donors (Lipinski definition) is 1. The van der Waals surface area contributed by atoms with Gasteiger partial charge in [-0.2, -0.15) is 10.2 Å². The first-order valence-electron chi connectivity index (χ1n) is 15.6. The van der Waals surface area contributed by atoms with Crippen LogP contribution in [0.15, 0.2) is 48.5 Å². The summed E-state index contributed by atoms with van der Waals surface area (Å²) in [4.78, 5) is 12.7. The first-order valence-corrected chi connectivity index (χ1v) is 17.2. The summed E-state index contributed by atoms with van der Waals surface area (Å²) >= 11 is 8.72. The monoisotopic (exact) mass is 671 g/mol. The van der Waals surface area contributed by atoms with Crippen LogP contribution in [0, 0.1) is 19.7 Å². The Hall–Kier alpha value is -4.28. The molecule has 1 aliphatic rings. The van der Waals surface area contributed by atoms with Gasteiger partial charge in [0.15, 0.2) is 0 Å². The van der Waals surface area contributed by atoms with Gasteiger partial charge >= 0.3 is 5.97 Å². The van der Waals surface area contributed by atoms with Crippen LogP contribution in [0.4, 0.5) is 4.39 Å². The van der Waals surface area contributed by atoms with Gasteiger partial charge in [-0.15, -0.1) is 11.8 Å². The molecule has 4 heterocycles. The maximum atomic E-state index is 14.3. The normalized spacial score (nSPS) is 14.3. The third kappa shape index (κ3) is 5.67. The summed E-state index contributed by atoms with van der Waals surface area (Å²) in [6.45, 7) is 4.60. The molecule has 1 N–H and O–H groups in total. The SMILES string of the molecule is Cc1nn(C)c2c1-c1c(Cl)ccc3c1c(C)c(C(=O)O)n3CCCOc1cc(cc3cc(F)ccc13)CCc1cc(nn1C)CSC2. The van der Waals surface area contributed by atoms with Gasteiger partial charge in [0.1, 0.15) is 17.3 Å². The van der Waals surface area contributed by atoms with Gasteiger partial charge < -0.3 is 14.4 Å². The molecule has 0 fully saturated rings. The molecule has 8 nitrogen and oxygen atoms in total. The molecule has 242 valence electrons. The highest BCUT2D eigenvalue weighted by Gasteiger charge is 2.27. The van der Waals surface area contributed by atoms with E-state index >= 15 is 0 Å². The number of fused-ring (bicyclic) bond motifs is 8. The van der Waals surface area contributed by atoms with Gasteiger partial charge in [0, 0.05) is 70.3 Å². The van der Waals surface area contributed by atoms with Crippen molar-refractivity contribution in [3.8, 4) is 16.9 Å². The van der Waals surface area contributed by atoms with E-state index < -0.39 is 5.97 Å². The lowest BCUT2D eigenvalue weighted by Crippen LogP contribution is -2.12. The van der Waals surface area contributed by atoms with Gasteiger partial charge in [0.2, 0.25) is 0 Å². The second-order valence-electron chi connectivity index (χ2n) is 12.2. The van der Waals surface area contributed by atoms with Crippen LogP contribution in [-0.4, -0.2) is 41.8 Å². The molecule has 3 aromatic heterocycles. The van der Waals surface area contributed by atoms with E-state index in [1.54, 1.807) is 23.9 Å². The average Bonchev–Trinajstić information content (AvgIpc) is 3.62. The van der Waals surface area contributed by atoms with Gasteiger partial charge in [-0.1, -0.05) is 17.7 Å². The molecule has 8 bridgehead atoms. The Morgan fingerprint density at radius 3 is 2.64 bits per heavy atom. The molecule has 0 amide bonds. The zero-order chi connectivity index (χ0) is 33.0. The van der Waals surface area contributed by atoms with E-state index in [9.17, 15) is 14.3 Å². The fourth-order valence-corrected chi connectivity index (χ4v) is 8.22. The molecule has 7 rings (SSSR count). The minimum absolute atomic E-state index is 0.233. The zero-order valence-electron chi connectivity index (χ0n) is 26.7. The maximum Gasteiger partial charge on any atom is 0.352 e. The minimum Gasteiger partial charge on any atom is -0.493 e. The summed E-state index contributed by atoms with van der Waals surface area (Å²) in [7, 11) is 3.91. The quantitative estimate of drug-likeness (QED) is 0.190. The van der Waals surface area contributed by atoms with Crippen molar-refractivity contribution < 1.29 is 19.0 Å². The fourth-order valence-electron chi connectivity index (χ4n) is 7.00. The highest BCUT2D eigenvalue weighted by atomic mass is 35.5. The number of aromatic carboxylic acids is 1. The number of carboxylic acids is 1. The van der Waals surface area contributed by atoms with Gasteiger partial charge in [0.25, 0.3) is 0 Å². The lowest BCUT2D eigenvalue weighted by atomic mass is 9.97. The molecule has 0 radical (unpaired) electrons. The summed E-state index contributed by atoms with van der Waals surface area (Å²) in [5.41, 5.74) is 8.45. The van der Waals surface area contributed by atoms with E-state index in [0.29, 0.717) is 47.4 Å². The fraction of sp³-hybridized carbons (Fsp3) is 0.306. The highest BCUT2D eigenvalue weighted by molar-refractivity contribution is 7.97. The van der Waals surface area contributed by atoms with Gasteiger partial charge in [-0.05, 0) is 92.1 Å². The van der Waals surface area contributed by atoms with Crippen LogP contribution in [0.3, 0.4) is 0 Å². The number of halogens is 2. The molecule has 6 aromatic rings. The highest BCUT2D eigenvalue weighted by Crippen LogP contribution is 2.43. The van der Waals surface area contributed by atoms with Crippen LogP contribution in [0.25, 0.3) is 32.8 Å². The van der Waals surface area contributed by atoms with E-state index in [-0.39, 0.29) is 11.5 Å². The molecule has 0 saturated heterocycles. The van der Waals surface area contributed by atoms with Crippen molar-refractivity contribution in [3.63, 3.8) is 0 Å². The van der Waals surface area contributed by atoms with Crippen LogP contribution in [0.1, 0.15) is 50.8 Å². The second-order valence-corrected chi connectivity index (χ2v) is 13.6. The smallest absolute Gasteiger partial charge is 0.352 e. The van der Waals surface area contributed by atoms with Crippen LogP contribution >= 0.6 is 23.4 Å². The third-order valence-corrected chi connectivity index (χ3v) is 10.4. The van der Waals surface area contributed by atoms with E-state index in [0.717, 1.165) is 74.0 Å². The zero-order valence-corrected chi connectivity index (χ0v) is 28.3. The molecular weight excluding hydrogens is 637 g/mol. The van der Waals surface area contributed by atoms with Gasteiger partial charge in [-0.3, -0.25) is 9.36 Å². The Balaban J connectivity index is 1.36. The maximum absolute atomic E-state index is 14.3. The second kappa shape index (κ2) is 12.4.